The number of pyridine rings is 1. The molecular weight excluding hydrogens is 320 g/mol. The second-order valence-electron chi connectivity index (χ2n) is 5.03. The van der Waals surface area contributed by atoms with Crippen LogP contribution in [0.3, 0.4) is 0 Å². The SMILES string of the molecule is CC(C)n1cc(Br)cc(NOCC2=CCCC=C2)c1=O. The molecule has 1 aliphatic carbocycles. The summed E-state index contributed by atoms with van der Waals surface area (Å²) < 4.78 is 2.50. The molecule has 0 aliphatic heterocycles. The molecular formula is C15H19BrN2O2. The number of nitrogens with one attached hydrogen (secondary N) is 1. The van der Waals surface area contributed by atoms with Crippen molar-refractivity contribution >= 4 is 21.6 Å². The highest BCUT2D eigenvalue weighted by atomic mass is 79.9. The van der Waals surface area contributed by atoms with E-state index < -0.39 is 0 Å². The molecule has 0 saturated carbocycles. The van der Waals surface area contributed by atoms with Gasteiger partial charge < -0.3 is 4.57 Å². The number of hydrogen-bond donors (Lipinski definition) is 1. The van der Waals surface area contributed by atoms with Crippen molar-refractivity contribution < 1.29 is 4.84 Å². The van der Waals surface area contributed by atoms with Gasteiger partial charge in [-0.3, -0.25) is 15.1 Å². The predicted molar refractivity (Wildman–Crippen MR) is 84.8 cm³/mol. The van der Waals surface area contributed by atoms with Crippen LogP contribution in [0, 0.1) is 0 Å². The first-order chi connectivity index (χ1) is 9.58. The van der Waals surface area contributed by atoms with E-state index in [1.165, 1.54) is 0 Å². The van der Waals surface area contributed by atoms with Crippen molar-refractivity contribution in [3.63, 3.8) is 0 Å². The Balaban J connectivity index is 2.04. The molecule has 4 nitrogen and oxygen atoms in total. The summed E-state index contributed by atoms with van der Waals surface area (Å²) in [4.78, 5) is 17.6. The Morgan fingerprint density at radius 3 is 2.90 bits per heavy atom. The van der Waals surface area contributed by atoms with E-state index in [0.29, 0.717) is 12.3 Å². The first-order valence-corrected chi connectivity index (χ1v) is 7.52. The van der Waals surface area contributed by atoms with Crippen LogP contribution < -0.4 is 11.0 Å². The molecule has 0 unspecified atom stereocenters. The van der Waals surface area contributed by atoms with Gasteiger partial charge in [0.25, 0.3) is 5.56 Å². The topological polar surface area (TPSA) is 43.3 Å². The second kappa shape index (κ2) is 6.90. The Hall–Kier alpha value is -1.33. The number of aromatic nitrogens is 1. The first-order valence-electron chi connectivity index (χ1n) is 6.73. The van der Waals surface area contributed by atoms with Gasteiger partial charge in [-0.1, -0.05) is 18.2 Å². The standard InChI is InChI=1S/C15H19BrN2O2/c1-11(2)18-9-13(16)8-14(15(18)19)17-20-10-12-6-4-3-5-7-12/h4,6-9,11,17H,3,5,10H2,1-2H3. The van der Waals surface area contributed by atoms with Gasteiger partial charge in [-0.05, 0) is 54.3 Å². The number of allylic oxidation sites excluding steroid dienone is 2. The lowest BCUT2D eigenvalue weighted by Gasteiger charge is -2.14. The quantitative estimate of drug-likeness (QED) is 0.830. The summed E-state index contributed by atoms with van der Waals surface area (Å²) in [6.45, 7) is 4.39. The summed E-state index contributed by atoms with van der Waals surface area (Å²) in [5.74, 6) is 0. The van der Waals surface area contributed by atoms with E-state index in [1.54, 1.807) is 16.8 Å². The van der Waals surface area contributed by atoms with Crippen molar-refractivity contribution in [2.24, 2.45) is 0 Å². The summed E-state index contributed by atoms with van der Waals surface area (Å²) in [5.41, 5.74) is 4.24. The minimum Gasteiger partial charge on any atom is -0.310 e. The maximum atomic E-state index is 12.2. The number of nitrogens with zero attached hydrogens (tertiary/aromatic N) is 1. The highest BCUT2D eigenvalue weighted by molar-refractivity contribution is 9.10. The summed E-state index contributed by atoms with van der Waals surface area (Å²) >= 11 is 3.41. The number of anilines is 1. The molecule has 2 rings (SSSR count). The van der Waals surface area contributed by atoms with E-state index >= 15 is 0 Å². The predicted octanol–water partition coefficient (Wildman–Crippen LogP) is 3.81. The van der Waals surface area contributed by atoms with Gasteiger partial charge in [-0.2, -0.15) is 0 Å². The Kier molecular flexibility index (Phi) is 5.20. The molecule has 1 aromatic heterocycles. The molecule has 0 fully saturated rings. The van der Waals surface area contributed by atoms with Crippen molar-refractivity contribution in [1.82, 2.24) is 4.57 Å². The van der Waals surface area contributed by atoms with Crippen LogP contribution in [-0.2, 0) is 4.84 Å². The average Bonchev–Trinajstić information content (AvgIpc) is 2.43. The molecule has 5 heteroatoms. The Morgan fingerprint density at radius 1 is 1.45 bits per heavy atom. The van der Waals surface area contributed by atoms with Gasteiger partial charge in [0.1, 0.15) is 5.69 Å². The molecule has 1 aliphatic rings. The fourth-order valence-electron chi connectivity index (χ4n) is 2.00. The number of hydrogen-bond acceptors (Lipinski definition) is 3. The molecule has 0 radical (unpaired) electrons. The van der Waals surface area contributed by atoms with Crippen LogP contribution in [0.2, 0.25) is 0 Å². The summed E-state index contributed by atoms with van der Waals surface area (Å²) in [7, 11) is 0. The van der Waals surface area contributed by atoms with E-state index in [0.717, 1.165) is 22.9 Å². The Morgan fingerprint density at radius 2 is 2.25 bits per heavy atom. The van der Waals surface area contributed by atoms with Gasteiger partial charge in [-0.15, -0.1) is 0 Å². The molecule has 1 aromatic rings. The highest BCUT2D eigenvalue weighted by Crippen LogP contribution is 2.15. The van der Waals surface area contributed by atoms with E-state index in [4.69, 9.17) is 4.84 Å². The van der Waals surface area contributed by atoms with Gasteiger partial charge in [0, 0.05) is 16.7 Å². The monoisotopic (exact) mass is 338 g/mol. The maximum absolute atomic E-state index is 12.2. The van der Waals surface area contributed by atoms with Gasteiger partial charge in [0.2, 0.25) is 0 Å². The van der Waals surface area contributed by atoms with Gasteiger partial charge in [0.05, 0.1) is 6.61 Å². The van der Waals surface area contributed by atoms with Crippen LogP contribution in [0.15, 0.2) is 45.3 Å². The molecule has 0 aromatic carbocycles. The first kappa shape index (κ1) is 15.1. The highest BCUT2D eigenvalue weighted by Gasteiger charge is 2.08. The average molecular weight is 339 g/mol. The van der Waals surface area contributed by atoms with Crippen molar-refractivity contribution in [3.05, 3.63) is 50.9 Å². The molecule has 20 heavy (non-hydrogen) atoms. The fraction of sp³-hybridized carbons (Fsp3) is 0.400. The normalized spacial score (nSPS) is 14.5. The molecule has 0 spiro atoms. The van der Waals surface area contributed by atoms with Crippen molar-refractivity contribution in [2.75, 3.05) is 12.1 Å². The lowest BCUT2D eigenvalue weighted by Crippen LogP contribution is -2.25. The van der Waals surface area contributed by atoms with E-state index in [9.17, 15) is 4.79 Å². The molecule has 0 amide bonds. The fourth-order valence-corrected chi connectivity index (χ4v) is 2.45. The minimum atomic E-state index is -0.0867. The molecule has 0 saturated heterocycles. The largest absolute Gasteiger partial charge is 0.310 e. The third-order valence-electron chi connectivity index (χ3n) is 3.06. The summed E-state index contributed by atoms with van der Waals surface area (Å²) in [6.07, 6.45) is 10.2. The maximum Gasteiger partial charge on any atom is 0.276 e. The zero-order valence-electron chi connectivity index (χ0n) is 11.7. The van der Waals surface area contributed by atoms with Crippen molar-refractivity contribution in [2.45, 2.75) is 32.7 Å². The van der Waals surface area contributed by atoms with Crippen LogP contribution >= 0.6 is 15.9 Å². The van der Waals surface area contributed by atoms with Crippen molar-refractivity contribution in [3.8, 4) is 0 Å². The molecule has 0 atom stereocenters. The molecule has 1 N–H and O–H groups in total. The number of rotatable bonds is 5. The van der Waals surface area contributed by atoms with Crippen LogP contribution in [0.4, 0.5) is 5.69 Å². The van der Waals surface area contributed by atoms with E-state index in [2.05, 4.69) is 39.6 Å². The Bertz CT molecular complexity index is 588. The van der Waals surface area contributed by atoms with Crippen molar-refractivity contribution in [1.29, 1.82) is 0 Å². The van der Waals surface area contributed by atoms with Crippen LogP contribution in [0.1, 0.15) is 32.7 Å². The zero-order valence-corrected chi connectivity index (χ0v) is 13.3. The summed E-state index contributed by atoms with van der Waals surface area (Å²) in [6, 6.07) is 1.83. The van der Waals surface area contributed by atoms with Crippen LogP contribution in [-0.4, -0.2) is 11.2 Å². The minimum absolute atomic E-state index is 0.0867. The molecule has 0 bridgehead atoms. The van der Waals surface area contributed by atoms with E-state index in [1.807, 2.05) is 13.8 Å². The van der Waals surface area contributed by atoms with Gasteiger partial charge in [-0.25, -0.2) is 0 Å². The van der Waals surface area contributed by atoms with Gasteiger partial charge >= 0.3 is 0 Å². The molecule has 108 valence electrons. The second-order valence-corrected chi connectivity index (χ2v) is 5.94. The van der Waals surface area contributed by atoms with Crippen LogP contribution in [0.5, 0.6) is 0 Å². The third-order valence-corrected chi connectivity index (χ3v) is 3.49. The van der Waals surface area contributed by atoms with Crippen LogP contribution in [0.25, 0.3) is 0 Å². The van der Waals surface area contributed by atoms with Gasteiger partial charge in [0.15, 0.2) is 0 Å². The lowest BCUT2D eigenvalue weighted by molar-refractivity contribution is 0.221. The lowest BCUT2D eigenvalue weighted by atomic mass is 10.1. The number of halogens is 1. The third kappa shape index (κ3) is 3.84. The summed E-state index contributed by atoms with van der Waals surface area (Å²) in [5, 5.41) is 0. The Labute approximate surface area is 127 Å². The molecule has 1 heterocycles. The smallest absolute Gasteiger partial charge is 0.276 e. The van der Waals surface area contributed by atoms with E-state index in [-0.39, 0.29) is 11.6 Å². The zero-order chi connectivity index (χ0) is 14.5.